The van der Waals surface area contributed by atoms with E-state index >= 15 is 0 Å². The Morgan fingerprint density at radius 1 is 1.26 bits per heavy atom. The lowest BCUT2D eigenvalue weighted by Gasteiger charge is -2.09. The van der Waals surface area contributed by atoms with Crippen molar-refractivity contribution in [1.29, 1.82) is 0 Å². The van der Waals surface area contributed by atoms with Gasteiger partial charge < -0.3 is 10.4 Å². The Balaban J connectivity index is 2.21. The van der Waals surface area contributed by atoms with Crippen LogP contribution in [0, 0.1) is 13.8 Å². The highest BCUT2D eigenvalue weighted by Gasteiger charge is 2.09. The van der Waals surface area contributed by atoms with E-state index in [4.69, 9.17) is 5.11 Å². The molecule has 2 aromatic rings. The highest BCUT2D eigenvalue weighted by molar-refractivity contribution is 6.03. The number of carbonyl (C=O) groups excluding carboxylic acids is 1. The molecule has 0 atom stereocenters. The second-order valence-corrected chi connectivity index (χ2v) is 4.30. The lowest BCUT2D eigenvalue weighted by molar-refractivity contribution is 0.102. The van der Waals surface area contributed by atoms with Gasteiger partial charge in [0.2, 0.25) is 0 Å². The minimum Gasteiger partial charge on any atom is -0.392 e. The molecule has 0 bridgehead atoms. The van der Waals surface area contributed by atoms with Crippen LogP contribution in [0.4, 0.5) is 5.69 Å². The molecule has 19 heavy (non-hydrogen) atoms. The Bertz CT molecular complexity index is 594. The Morgan fingerprint density at radius 3 is 2.68 bits per heavy atom. The van der Waals surface area contributed by atoms with Gasteiger partial charge in [-0.2, -0.15) is 0 Å². The molecular weight excluding hydrogens is 242 g/mol. The van der Waals surface area contributed by atoms with Crippen LogP contribution >= 0.6 is 0 Å². The molecule has 1 heterocycles. The molecule has 0 aliphatic carbocycles. The fourth-order valence-corrected chi connectivity index (χ4v) is 1.60. The quantitative estimate of drug-likeness (QED) is 0.879. The lowest BCUT2D eigenvalue weighted by Crippen LogP contribution is -2.15. The van der Waals surface area contributed by atoms with Crippen LogP contribution in [0.25, 0.3) is 0 Å². The van der Waals surface area contributed by atoms with E-state index in [9.17, 15) is 4.79 Å². The van der Waals surface area contributed by atoms with E-state index in [2.05, 4.69) is 15.3 Å². The van der Waals surface area contributed by atoms with Gasteiger partial charge in [-0.1, -0.05) is 12.1 Å². The Hall–Kier alpha value is -2.27. The van der Waals surface area contributed by atoms with Crippen LogP contribution in [0.15, 0.2) is 30.6 Å². The molecule has 0 saturated carbocycles. The fourth-order valence-electron chi connectivity index (χ4n) is 1.60. The van der Waals surface area contributed by atoms with E-state index in [0.717, 1.165) is 16.8 Å². The van der Waals surface area contributed by atoms with Gasteiger partial charge in [0.05, 0.1) is 18.5 Å². The molecule has 0 saturated heterocycles. The average Bonchev–Trinajstić information content (AvgIpc) is 2.42. The van der Waals surface area contributed by atoms with E-state index < -0.39 is 0 Å². The van der Waals surface area contributed by atoms with Gasteiger partial charge in [-0.25, -0.2) is 4.98 Å². The molecule has 0 spiro atoms. The van der Waals surface area contributed by atoms with Crippen molar-refractivity contribution in [3.63, 3.8) is 0 Å². The molecule has 0 unspecified atom stereocenters. The molecule has 98 valence electrons. The van der Waals surface area contributed by atoms with Gasteiger partial charge in [0.15, 0.2) is 0 Å². The summed E-state index contributed by atoms with van der Waals surface area (Å²) in [6.45, 7) is 3.63. The van der Waals surface area contributed by atoms with Crippen molar-refractivity contribution < 1.29 is 9.90 Å². The normalized spacial score (nSPS) is 10.3. The summed E-state index contributed by atoms with van der Waals surface area (Å²) in [5, 5.41) is 11.9. The van der Waals surface area contributed by atoms with Crippen molar-refractivity contribution in [2.24, 2.45) is 0 Å². The summed E-state index contributed by atoms with van der Waals surface area (Å²) < 4.78 is 0. The zero-order valence-electron chi connectivity index (χ0n) is 10.8. The van der Waals surface area contributed by atoms with Crippen molar-refractivity contribution in [2.75, 3.05) is 5.32 Å². The largest absolute Gasteiger partial charge is 0.392 e. The third-order valence-electron chi connectivity index (χ3n) is 2.75. The molecule has 0 aliphatic heterocycles. The number of nitrogens with zero attached hydrogens (tertiary/aromatic N) is 2. The molecule has 0 radical (unpaired) electrons. The van der Waals surface area contributed by atoms with Crippen LogP contribution < -0.4 is 5.32 Å². The third kappa shape index (κ3) is 3.14. The van der Waals surface area contributed by atoms with Gasteiger partial charge in [-0.3, -0.25) is 9.78 Å². The van der Waals surface area contributed by atoms with Gasteiger partial charge in [0, 0.05) is 11.9 Å². The van der Waals surface area contributed by atoms with Crippen molar-refractivity contribution in [3.8, 4) is 0 Å². The number of benzene rings is 1. The van der Waals surface area contributed by atoms with Gasteiger partial charge >= 0.3 is 0 Å². The van der Waals surface area contributed by atoms with Gasteiger partial charge in [0.1, 0.15) is 5.69 Å². The average molecular weight is 257 g/mol. The van der Waals surface area contributed by atoms with E-state index in [-0.39, 0.29) is 18.2 Å². The second-order valence-electron chi connectivity index (χ2n) is 4.30. The van der Waals surface area contributed by atoms with E-state index in [1.165, 1.54) is 6.20 Å². The number of rotatable bonds is 3. The molecular formula is C14H15N3O2. The maximum absolute atomic E-state index is 12.0. The van der Waals surface area contributed by atoms with Crippen LogP contribution in [0.1, 0.15) is 27.3 Å². The number of aliphatic hydroxyl groups is 1. The second kappa shape index (κ2) is 5.58. The topological polar surface area (TPSA) is 75.1 Å². The standard InChI is InChI=1S/C14H15N3O2/c1-9-3-4-11(8-18)5-12(9)17-14(19)13-7-15-10(2)6-16-13/h3-7,18H,8H2,1-2H3,(H,17,19). The molecule has 2 N–H and O–H groups in total. The zero-order chi connectivity index (χ0) is 13.8. The predicted octanol–water partition coefficient (Wildman–Crippen LogP) is 1.84. The summed E-state index contributed by atoms with van der Waals surface area (Å²) in [5.41, 5.74) is 3.36. The zero-order valence-corrected chi connectivity index (χ0v) is 10.8. The predicted molar refractivity (Wildman–Crippen MR) is 71.8 cm³/mol. The molecule has 5 nitrogen and oxygen atoms in total. The van der Waals surface area contributed by atoms with Crippen LogP contribution in [0.5, 0.6) is 0 Å². The van der Waals surface area contributed by atoms with Crippen LogP contribution in [-0.4, -0.2) is 21.0 Å². The van der Waals surface area contributed by atoms with E-state index in [1.807, 2.05) is 26.0 Å². The number of nitrogens with one attached hydrogen (secondary N) is 1. The summed E-state index contributed by atoms with van der Waals surface area (Å²) in [4.78, 5) is 20.1. The first-order valence-electron chi connectivity index (χ1n) is 5.90. The van der Waals surface area contributed by atoms with Gasteiger partial charge in [0.25, 0.3) is 5.91 Å². The number of aliphatic hydroxyl groups excluding tert-OH is 1. The van der Waals surface area contributed by atoms with E-state index in [0.29, 0.717) is 5.69 Å². The number of hydrogen-bond acceptors (Lipinski definition) is 4. The number of aryl methyl sites for hydroxylation is 2. The number of hydrogen-bond donors (Lipinski definition) is 2. The highest BCUT2D eigenvalue weighted by atomic mass is 16.3. The van der Waals surface area contributed by atoms with E-state index in [1.54, 1.807) is 12.3 Å². The molecule has 1 aromatic heterocycles. The summed E-state index contributed by atoms with van der Waals surface area (Å²) in [5.74, 6) is -0.314. The van der Waals surface area contributed by atoms with Crippen molar-refractivity contribution in [3.05, 3.63) is 53.1 Å². The Kier molecular flexibility index (Phi) is 3.87. The maximum Gasteiger partial charge on any atom is 0.275 e. The van der Waals surface area contributed by atoms with Crippen molar-refractivity contribution >= 4 is 11.6 Å². The maximum atomic E-state index is 12.0. The van der Waals surface area contributed by atoms with Gasteiger partial charge in [-0.05, 0) is 31.0 Å². The summed E-state index contributed by atoms with van der Waals surface area (Å²) >= 11 is 0. The monoisotopic (exact) mass is 257 g/mol. The fraction of sp³-hybridized carbons (Fsp3) is 0.214. The highest BCUT2D eigenvalue weighted by Crippen LogP contribution is 2.17. The first-order chi connectivity index (χ1) is 9.10. The van der Waals surface area contributed by atoms with Crippen LogP contribution in [-0.2, 0) is 6.61 Å². The minimum absolute atomic E-state index is 0.0620. The van der Waals surface area contributed by atoms with Gasteiger partial charge in [-0.15, -0.1) is 0 Å². The van der Waals surface area contributed by atoms with Crippen LogP contribution in [0.3, 0.4) is 0 Å². The van der Waals surface area contributed by atoms with Crippen molar-refractivity contribution in [2.45, 2.75) is 20.5 Å². The Morgan fingerprint density at radius 2 is 2.05 bits per heavy atom. The molecule has 0 aliphatic rings. The molecule has 2 rings (SSSR count). The number of carbonyl (C=O) groups is 1. The molecule has 1 aromatic carbocycles. The first-order valence-corrected chi connectivity index (χ1v) is 5.90. The smallest absolute Gasteiger partial charge is 0.275 e. The summed E-state index contributed by atoms with van der Waals surface area (Å²) in [7, 11) is 0. The Labute approximate surface area is 111 Å². The van der Waals surface area contributed by atoms with Crippen LogP contribution in [0.2, 0.25) is 0 Å². The molecule has 1 amide bonds. The molecule has 0 fully saturated rings. The summed E-state index contributed by atoms with van der Waals surface area (Å²) in [6.07, 6.45) is 2.99. The number of amides is 1. The first kappa shape index (κ1) is 13.2. The minimum atomic E-state index is -0.314. The molecule has 5 heteroatoms. The number of anilines is 1. The summed E-state index contributed by atoms with van der Waals surface area (Å²) in [6, 6.07) is 5.41. The number of aromatic nitrogens is 2. The van der Waals surface area contributed by atoms with Crippen molar-refractivity contribution in [1.82, 2.24) is 9.97 Å². The lowest BCUT2D eigenvalue weighted by atomic mass is 10.1. The third-order valence-corrected chi connectivity index (χ3v) is 2.75. The SMILES string of the molecule is Cc1cnc(C(=O)Nc2cc(CO)ccc2C)cn1.